The molecule has 0 atom stereocenters. The fourth-order valence-electron chi connectivity index (χ4n) is 8.84. The van der Waals surface area contributed by atoms with Crippen LogP contribution in [0.2, 0.25) is 0 Å². The molecule has 0 aromatic heterocycles. The van der Waals surface area contributed by atoms with Crippen LogP contribution in [0.3, 0.4) is 0 Å². The van der Waals surface area contributed by atoms with Crippen molar-refractivity contribution in [2.75, 3.05) is 52.9 Å². The van der Waals surface area contributed by atoms with E-state index in [-0.39, 0.29) is 203 Å². The molecule has 0 saturated heterocycles. The zero-order valence-corrected chi connectivity index (χ0v) is 113. The van der Waals surface area contributed by atoms with Gasteiger partial charge in [0, 0.05) is 247 Å². The molecule has 13 nitrogen and oxygen atoms in total. The second kappa shape index (κ2) is 89.1. The first-order valence-corrected chi connectivity index (χ1v) is 52.3. The summed E-state index contributed by atoms with van der Waals surface area (Å²) in [6.07, 6.45) is 22.7. The van der Waals surface area contributed by atoms with Gasteiger partial charge in [0.1, 0.15) is 52.0 Å². The van der Waals surface area contributed by atoms with Crippen LogP contribution in [0.15, 0.2) is 6.08 Å². The van der Waals surface area contributed by atoms with Crippen LogP contribution in [0.5, 0.6) is 0 Å². The SMILES string of the molecule is CC(C)(C)C#CCC(=O)C(C)(C)C.CC(C)(C)C#CCCCCC(=O)C(C)(C)C.CC(C)(C)C#CCCCCOCCC(=O)C(C)(C)C.CC(C)(C)CCC(=O)C(C)(C)C.CC(C)(C)CCCC(=O)C(C)(C)C.CC(C)(C)CCCOCCC(=O)C(C)(C)C.C[C-](C)C.C[C-](C)C.[CH-]=CC(C)(C)C.[CH2-]CCC(=O)C(C)(C)C.[CH2-]CCCOCCC(=O)C(C)(C)C.[CH2-]CCCOCCC(=O)C(C)(C)C.[Y].[Y].[Y]. The van der Waals surface area contributed by atoms with Gasteiger partial charge in [-0.15, -0.1) is 11.8 Å². The molecule has 0 aliphatic carbocycles. The van der Waals surface area contributed by atoms with Gasteiger partial charge in [-0.3, -0.25) is 49.2 Å². The summed E-state index contributed by atoms with van der Waals surface area (Å²) in [5, 5.41) is 0. The summed E-state index contributed by atoms with van der Waals surface area (Å²) in [7, 11) is 0. The molecule has 0 bridgehead atoms. The largest absolute Gasteiger partial charge is 0.517 e. The normalized spacial score (nSPS) is 11.7. The fourth-order valence-corrected chi connectivity index (χ4v) is 8.84. The van der Waals surface area contributed by atoms with Gasteiger partial charge in [-0.25, -0.2) is 0 Å². The Morgan fingerprint density at radius 2 is 0.440 bits per heavy atom. The predicted molar refractivity (Wildman–Crippen MR) is 604 cm³/mol. The topological polar surface area (TPSA) is 191 Å². The van der Waals surface area contributed by atoms with E-state index in [1.807, 2.05) is 208 Å². The van der Waals surface area contributed by atoms with Gasteiger partial charge in [-0.05, 0) is 143 Å². The Labute approximate surface area is 957 Å². The van der Waals surface area contributed by atoms with Crippen LogP contribution in [0.1, 0.15) is 534 Å². The number of hydrogen-bond acceptors (Lipinski definition) is 13. The maximum Gasteiger partial charge on any atom is 0.150 e. The first kappa shape index (κ1) is 173. The summed E-state index contributed by atoms with van der Waals surface area (Å²) in [5.41, 5.74) is -0.441. The van der Waals surface area contributed by atoms with Gasteiger partial charge >= 0.3 is 0 Å². The molecule has 0 amide bonds. The van der Waals surface area contributed by atoms with Gasteiger partial charge in [0.15, 0.2) is 0 Å². The second-order valence-electron chi connectivity index (χ2n) is 54.7. The molecule has 141 heavy (non-hydrogen) atoms. The number of Topliss-reactive ketones (excluding diaryl/α,β-unsaturated/α-hetero) is 9. The number of hydrogen-bond donors (Lipinski definition) is 0. The summed E-state index contributed by atoms with van der Waals surface area (Å²) < 4.78 is 21.5. The van der Waals surface area contributed by atoms with Gasteiger partial charge in [-0.2, -0.15) is 60.8 Å². The van der Waals surface area contributed by atoms with Crippen LogP contribution in [0, 0.1) is 161 Å². The molecule has 0 aromatic rings. The van der Waals surface area contributed by atoms with Crippen LogP contribution in [0.4, 0.5) is 0 Å². The van der Waals surface area contributed by atoms with Crippen LogP contribution in [0.25, 0.3) is 0 Å². The van der Waals surface area contributed by atoms with Crippen molar-refractivity contribution in [3.63, 3.8) is 0 Å². The van der Waals surface area contributed by atoms with Crippen LogP contribution in [-0.4, -0.2) is 105 Å². The van der Waals surface area contributed by atoms with E-state index in [4.69, 9.17) is 25.5 Å². The number of carbonyl (C=O) groups excluding carboxylic acids is 9. The number of ether oxygens (including phenoxy) is 4. The third-order valence-corrected chi connectivity index (χ3v) is 18.5. The maximum absolute atomic E-state index is 11.6. The molecule has 0 heterocycles. The number of rotatable bonds is 37. The Bertz CT molecular complexity index is 3280. The predicted octanol–water partition coefficient (Wildman–Crippen LogP) is 35.3. The van der Waals surface area contributed by atoms with Gasteiger partial charge < -0.3 is 58.1 Å². The first-order valence-electron chi connectivity index (χ1n) is 52.3. The van der Waals surface area contributed by atoms with Crippen molar-refractivity contribution in [1.29, 1.82) is 0 Å². The molecule has 0 rings (SSSR count). The number of carbonyl (C=O) groups is 9. The minimum absolute atomic E-state index is 0. The van der Waals surface area contributed by atoms with Crippen molar-refractivity contribution in [3.8, 4) is 35.5 Å². The van der Waals surface area contributed by atoms with E-state index in [1.54, 1.807) is 6.08 Å². The molecule has 0 unspecified atom stereocenters. The minimum atomic E-state index is -0.257. The minimum Gasteiger partial charge on any atom is -0.517 e. The molecule has 0 aliphatic rings. The average molecular weight is 2210 g/mol. The van der Waals surface area contributed by atoms with Gasteiger partial charge in [-0.1, -0.05) is 312 Å². The van der Waals surface area contributed by atoms with E-state index in [9.17, 15) is 43.2 Å². The van der Waals surface area contributed by atoms with Crippen molar-refractivity contribution >= 4 is 52.0 Å². The third-order valence-electron chi connectivity index (χ3n) is 18.5. The summed E-state index contributed by atoms with van der Waals surface area (Å²) >= 11 is 0. The molecule has 0 spiro atoms. The molecular formula is C125H236O13Y3-6. The Morgan fingerprint density at radius 1 is 0.241 bits per heavy atom. The van der Waals surface area contributed by atoms with Crippen molar-refractivity contribution < 1.29 is 160 Å². The molecule has 0 aliphatic heterocycles. The Morgan fingerprint density at radius 3 is 0.652 bits per heavy atom. The summed E-state index contributed by atoms with van der Waals surface area (Å²) in [6, 6.07) is 0. The van der Waals surface area contributed by atoms with E-state index in [2.05, 4.69) is 222 Å². The summed E-state index contributed by atoms with van der Waals surface area (Å²) in [6.45, 7) is 132. The quantitative estimate of drug-likeness (QED) is 0.0325. The van der Waals surface area contributed by atoms with Crippen LogP contribution in [-0.2, 0) is 160 Å². The zero-order chi connectivity index (χ0) is 112. The van der Waals surface area contributed by atoms with E-state index < -0.39 is 0 Å². The first-order chi connectivity index (χ1) is 61.2. The molecular weight excluding hydrogens is 1980 g/mol. The zero-order valence-electron chi connectivity index (χ0n) is 104. The van der Waals surface area contributed by atoms with Crippen molar-refractivity contribution in [2.45, 2.75) is 534 Å². The Hall–Kier alpha value is -1.40. The van der Waals surface area contributed by atoms with Crippen LogP contribution >= 0.6 is 0 Å². The number of allylic oxidation sites excluding steroid dienone is 1. The van der Waals surface area contributed by atoms with Crippen molar-refractivity contribution in [1.82, 2.24) is 0 Å². The van der Waals surface area contributed by atoms with Crippen molar-refractivity contribution in [3.05, 3.63) is 45.3 Å². The second-order valence-corrected chi connectivity index (χ2v) is 54.7. The number of ketones is 9. The van der Waals surface area contributed by atoms with Crippen molar-refractivity contribution in [2.24, 2.45) is 86.6 Å². The molecule has 0 aromatic carbocycles. The Kier molecular flexibility index (Phi) is 109. The maximum atomic E-state index is 11.6. The van der Waals surface area contributed by atoms with Gasteiger partial charge in [0.2, 0.25) is 0 Å². The van der Waals surface area contributed by atoms with Crippen LogP contribution < -0.4 is 0 Å². The standard InChI is InChI=1S/C17H30O2.C15H26O.C14H28O2.C12H24O.C12H20O.2C11H21O2.C11H22O.C8H15O.C6H11.2C4H9.3Y/c1-16(2,3)12-9-7-8-10-13-19-14-11-15(18)17(4,5)6;1-14(2,3)12-10-8-7-9-11-13(16)15(4,5)6;1-13(2,3)9-7-10-16-11-8-12(15)14(4,5)6;2*1-11(2,3)9-7-8-10(13)12(4,5)6;2*1-5-6-8-13-9-7-10(12)11(2,3)4;1-10(2,3)8-7-9(12)11(4,5)6;1-5-6-7(9)8(2,3)4;1-5-6(2,3)4;2*1-4(2)3;;;/h7-8,10-11,13-14H2,1-6H3;7-9,11H2,1-6H3;7-11H2,1-6H3;7-9H2,1-6H3;8H2,1-6H3;2*1,5-9H2,2-4H3;7-8H2,1-6H3;1,5-6H2,2-4H3;1,5H,2-4H3;2*1-3H3;;;/q;;;;;2*-1;;4*-1;;;. The smallest absolute Gasteiger partial charge is 0.150 e. The molecule has 0 saturated carbocycles. The molecule has 829 valence electrons. The fraction of sp³-hybridized carbons (Fsp3) is 0.824. The van der Waals surface area contributed by atoms with E-state index in [0.29, 0.717) is 112 Å². The third kappa shape index (κ3) is 164. The monoisotopic (exact) mass is 2210 g/mol. The van der Waals surface area contributed by atoms with Gasteiger partial charge in [0.05, 0.1) is 32.8 Å². The molecule has 16 heteroatoms. The van der Waals surface area contributed by atoms with E-state index >= 15 is 0 Å². The number of unbranched alkanes of at least 4 members (excludes halogenated alkanes) is 6. The summed E-state index contributed by atoms with van der Waals surface area (Å²) in [4.78, 5) is 103. The van der Waals surface area contributed by atoms with E-state index in [0.717, 1.165) is 129 Å². The van der Waals surface area contributed by atoms with E-state index in [1.165, 1.54) is 18.3 Å². The average Bonchev–Trinajstić information content (AvgIpc) is 0.876. The Balaban J connectivity index is -0.0000000959. The molecule has 3 radical (unpaired) electrons. The van der Waals surface area contributed by atoms with Gasteiger partial charge in [0.25, 0.3) is 0 Å². The molecule has 0 fully saturated rings. The summed E-state index contributed by atoms with van der Waals surface area (Å²) in [5.74, 6) is 24.3. The molecule has 0 N–H and O–H groups in total.